The van der Waals surface area contributed by atoms with Gasteiger partial charge >= 0.3 is 0 Å². The molecule has 0 radical (unpaired) electrons. The van der Waals surface area contributed by atoms with Crippen molar-refractivity contribution in [2.24, 2.45) is 0 Å². The summed E-state index contributed by atoms with van der Waals surface area (Å²) in [6, 6.07) is 13.6. The summed E-state index contributed by atoms with van der Waals surface area (Å²) in [6.45, 7) is 0.651. The molecule has 1 aliphatic rings. The summed E-state index contributed by atoms with van der Waals surface area (Å²) < 4.78 is 10.6. The number of halogens is 1. The molecule has 0 bridgehead atoms. The van der Waals surface area contributed by atoms with Crippen LogP contribution < -0.4 is 9.47 Å². The Bertz CT molecular complexity index is 768. The van der Waals surface area contributed by atoms with Crippen molar-refractivity contribution in [3.63, 3.8) is 0 Å². The molecule has 1 aliphatic heterocycles. The highest BCUT2D eigenvalue weighted by Gasteiger charge is 2.32. The maximum absolute atomic E-state index is 12.3. The minimum atomic E-state index is 0.0198. The molecule has 0 aromatic heterocycles. The van der Waals surface area contributed by atoms with E-state index in [0.717, 1.165) is 17.5 Å². The van der Waals surface area contributed by atoms with Crippen molar-refractivity contribution in [3.8, 4) is 11.5 Å². The summed E-state index contributed by atoms with van der Waals surface area (Å²) in [4.78, 5) is 14.2. The molecule has 25 heavy (non-hydrogen) atoms. The molecule has 2 aromatic rings. The molecule has 1 fully saturated rings. The van der Waals surface area contributed by atoms with Gasteiger partial charge < -0.3 is 14.4 Å². The van der Waals surface area contributed by atoms with Crippen LogP contribution in [0.1, 0.15) is 16.5 Å². The molecule has 0 saturated carbocycles. The third kappa shape index (κ3) is 4.05. The van der Waals surface area contributed by atoms with Gasteiger partial charge in [0.05, 0.1) is 20.0 Å². The second-order valence-electron chi connectivity index (χ2n) is 5.74. The molecule has 0 N–H and O–H groups in total. The van der Waals surface area contributed by atoms with Gasteiger partial charge in [0.1, 0.15) is 5.37 Å². The van der Waals surface area contributed by atoms with Crippen molar-refractivity contribution in [1.82, 2.24) is 4.90 Å². The van der Waals surface area contributed by atoms with Crippen molar-refractivity contribution in [3.05, 3.63) is 58.6 Å². The number of carbonyl (C=O) groups excluding carboxylic acids is 1. The lowest BCUT2D eigenvalue weighted by molar-refractivity contribution is -0.128. The zero-order valence-corrected chi connectivity index (χ0v) is 15.8. The number of thioether (sulfide) groups is 1. The first-order chi connectivity index (χ1) is 12.1. The maximum atomic E-state index is 12.3. The van der Waals surface area contributed by atoms with E-state index in [0.29, 0.717) is 28.8 Å². The van der Waals surface area contributed by atoms with Crippen molar-refractivity contribution in [2.75, 3.05) is 26.5 Å². The Kier molecular flexibility index (Phi) is 5.76. The van der Waals surface area contributed by atoms with Crippen molar-refractivity contribution in [2.45, 2.75) is 11.8 Å². The number of ether oxygens (including phenoxy) is 2. The summed E-state index contributed by atoms with van der Waals surface area (Å²) in [5.74, 6) is 2.07. The molecule has 1 unspecified atom stereocenters. The molecule has 1 heterocycles. The summed E-state index contributed by atoms with van der Waals surface area (Å²) >= 11 is 7.75. The molecule has 2 aromatic carbocycles. The number of hydrogen-bond donors (Lipinski definition) is 0. The van der Waals surface area contributed by atoms with E-state index in [-0.39, 0.29) is 11.3 Å². The molecule has 3 rings (SSSR count). The Balaban J connectivity index is 1.73. The van der Waals surface area contributed by atoms with Crippen LogP contribution in [0.25, 0.3) is 0 Å². The average molecular weight is 378 g/mol. The van der Waals surface area contributed by atoms with E-state index in [9.17, 15) is 4.79 Å². The lowest BCUT2D eigenvalue weighted by Gasteiger charge is -2.24. The SMILES string of the molecule is COc1ccc(CCN2C(=O)CSC2c2cccc(Cl)c2)cc1OC. The molecule has 1 atom stereocenters. The highest BCUT2D eigenvalue weighted by molar-refractivity contribution is 8.00. The predicted molar refractivity (Wildman–Crippen MR) is 102 cm³/mol. The van der Waals surface area contributed by atoms with Crippen molar-refractivity contribution < 1.29 is 14.3 Å². The van der Waals surface area contributed by atoms with E-state index in [1.54, 1.807) is 26.0 Å². The van der Waals surface area contributed by atoms with E-state index >= 15 is 0 Å². The number of hydrogen-bond acceptors (Lipinski definition) is 4. The Hall–Kier alpha value is -1.85. The largest absolute Gasteiger partial charge is 0.493 e. The van der Waals surface area contributed by atoms with Gasteiger partial charge in [-0.15, -0.1) is 11.8 Å². The topological polar surface area (TPSA) is 38.8 Å². The van der Waals surface area contributed by atoms with Crippen molar-refractivity contribution >= 4 is 29.3 Å². The Morgan fingerprint density at radius 3 is 2.68 bits per heavy atom. The molecule has 6 heteroatoms. The predicted octanol–water partition coefficient (Wildman–Crippen LogP) is 4.17. The van der Waals surface area contributed by atoms with Gasteiger partial charge in [-0.3, -0.25) is 4.79 Å². The fraction of sp³-hybridized carbons (Fsp3) is 0.316. The van der Waals surface area contributed by atoms with E-state index in [1.807, 2.05) is 47.4 Å². The highest BCUT2D eigenvalue weighted by atomic mass is 35.5. The van der Waals surface area contributed by atoms with Gasteiger partial charge in [-0.1, -0.05) is 29.8 Å². The molecule has 0 aliphatic carbocycles. The fourth-order valence-corrected chi connectivity index (χ4v) is 4.32. The van der Waals surface area contributed by atoms with E-state index < -0.39 is 0 Å². The molecule has 132 valence electrons. The molecule has 1 saturated heterocycles. The van der Waals surface area contributed by atoms with Crippen LogP contribution in [-0.2, 0) is 11.2 Å². The first-order valence-corrected chi connectivity index (χ1v) is 9.42. The normalized spacial score (nSPS) is 17.0. The zero-order valence-electron chi connectivity index (χ0n) is 14.2. The van der Waals surface area contributed by atoms with Crippen LogP contribution in [0.4, 0.5) is 0 Å². The van der Waals surface area contributed by atoms with Gasteiger partial charge in [0.15, 0.2) is 11.5 Å². The van der Waals surface area contributed by atoms with Gasteiger partial charge in [0, 0.05) is 11.6 Å². The van der Waals surface area contributed by atoms with Gasteiger partial charge in [0.25, 0.3) is 0 Å². The smallest absolute Gasteiger partial charge is 0.233 e. The second-order valence-corrected chi connectivity index (χ2v) is 7.25. The molecule has 4 nitrogen and oxygen atoms in total. The Labute approximate surface area is 157 Å². The number of amides is 1. The van der Waals surface area contributed by atoms with Crippen LogP contribution in [0.2, 0.25) is 5.02 Å². The van der Waals surface area contributed by atoms with Crippen LogP contribution in [-0.4, -0.2) is 37.3 Å². The third-order valence-electron chi connectivity index (χ3n) is 4.19. The average Bonchev–Trinajstić information content (AvgIpc) is 3.00. The Morgan fingerprint density at radius 2 is 1.96 bits per heavy atom. The summed E-state index contributed by atoms with van der Waals surface area (Å²) in [5.41, 5.74) is 2.17. The minimum Gasteiger partial charge on any atom is -0.493 e. The number of benzene rings is 2. The van der Waals surface area contributed by atoms with Gasteiger partial charge in [0.2, 0.25) is 5.91 Å². The standard InChI is InChI=1S/C19H20ClNO3S/c1-23-16-7-6-13(10-17(16)24-2)8-9-21-18(22)12-25-19(21)14-4-3-5-15(20)11-14/h3-7,10-11,19H,8-9,12H2,1-2H3. The van der Waals surface area contributed by atoms with Crippen LogP contribution in [0, 0.1) is 0 Å². The van der Waals surface area contributed by atoms with E-state index in [2.05, 4.69) is 0 Å². The quantitative estimate of drug-likeness (QED) is 0.757. The van der Waals surface area contributed by atoms with E-state index in [4.69, 9.17) is 21.1 Å². The van der Waals surface area contributed by atoms with Gasteiger partial charge in [-0.05, 0) is 41.8 Å². The number of carbonyl (C=O) groups is 1. The zero-order chi connectivity index (χ0) is 17.8. The summed E-state index contributed by atoms with van der Waals surface area (Å²) in [7, 11) is 3.24. The van der Waals surface area contributed by atoms with Crippen molar-refractivity contribution in [1.29, 1.82) is 0 Å². The van der Waals surface area contributed by atoms with Gasteiger partial charge in [-0.25, -0.2) is 0 Å². The third-order valence-corrected chi connectivity index (χ3v) is 5.68. The summed E-state index contributed by atoms with van der Waals surface area (Å²) in [5, 5.41) is 0.712. The second kappa shape index (κ2) is 8.02. The highest BCUT2D eigenvalue weighted by Crippen LogP contribution is 2.39. The van der Waals surface area contributed by atoms with Crippen LogP contribution in [0.3, 0.4) is 0 Å². The number of methoxy groups -OCH3 is 2. The van der Waals surface area contributed by atoms with Gasteiger partial charge in [-0.2, -0.15) is 0 Å². The molecular weight excluding hydrogens is 358 g/mol. The number of nitrogens with zero attached hydrogens (tertiary/aromatic N) is 1. The lowest BCUT2D eigenvalue weighted by atomic mass is 10.1. The molecule has 1 amide bonds. The van der Waals surface area contributed by atoms with Crippen LogP contribution in [0.5, 0.6) is 11.5 Å². The minimum absolute atomic E-state index is 0.0198. The maximum Gasteiger partial charge on any atom is 0.233 e. The van der Waals surface area contributed by atoms with Crippen LogP contribution in [0.15, 0.2) is 42.5 Å². The Morgan fingerprint density at radius 1 is 1.16 bits per heavy atom. The molecule has 0 spiro atoms. The fourth-order valence-electron chi connectivity index (χ4n) is 2.92. The lowest BCUT2D eigenvalue weighted by Crippen LogP contribution is -2.30. The van der Waals surface area contributed by atoms with E-state index in [1.165, 1.54) is 0 Å². The number of rotatable bonds is 6. The van der Waals surface area contributed by atoms with Crippen LogP contribution >= 0.6 is 23.4 Å². The first kappa shape index (κ1) is 18.0. The summed E-state index contributed by atoms with van der Waals surface area (Å²) in [6.07, 6.45) is 0.754. The monoisotopic (exact) mass is 377 g/mol. The first-order valence-electron chi connectivity index (χ1n) is 8.00. The molecular formula is C19H20ClNO3S.